The first-order chi connectivity index (χ1) is 18.6. The van der Waals surface area contributed by atoms with Gasteiger partial charge in [-0.25, -0.2) is 4.98 Å². The van der Waals surface area contributed by atoms with Crippen LogP contribution in [0.4, 0.5) is 11.8 Å². The van der Waals surface area contributed by atoms with Crippen molar-refractivity contribution in [3.63, 3.8) is 0 Å². The standard InChI is InChI=1S/C30H36N4O3S/c1-22-7-9-24(10-8-22)30(37-21-23-5-3-2-4-6-23)14-16-34(17-15-30)29-32-26-13-20-38(35)27(26)28(33-29)31-25-11-18-36-19-12-25/h2-10,25H,11-21H2,1H3,(H,31,32,33). The van der Waals surface area contributed by atoms with Gasteiger partial charge in [-0.1, -0.05) is 60.2 Å². The van der Waals surface area contributed by atoms with E-state index in [1.54, 1.807) is 0 Å². The molecule has 3 aromatic rings. The number of aryl methyl sites for hydroxylation is 2. The number of nitrogens with zero attached hydrogens (tertiary/aromatic N) is 3. The number of piperidine rings is 1. The number of nitrogens with one attached hydrogen (secondary N) is 1. The Bertz CT molecular complexity index is 1230. The van der Waals surface area contributed by atoms with E-state index in [4.69, 9.17) is 19.4 Å². The summed E-state index contributed by atoms with van der Waals surface area (Å²) in [5.74, 6) is 2.11. The van der Waals surface area contributed by atoms with Crippen LogP contribution < -0.4 is 10.2 Å². The van der Waals surface area contributed by atoms with Crippen LogP contribution in [0.15, 0.2) is 59.5 Å². The van der Waals surface area contributed by atoms with Crippen LogP contribution in [0.3, 0.4) is 0 Å². The van der Waals surface area contributed by atoms with Crippen LogP contribution in [0.2, 0.25) is 0 Å². The summed E-state index contributed by atoms with van der Waals surface area (Å²) in [4.78, 5) is 13.0. The molecule has 4 heterocycles. The monoisotopic (exact) mass is 532 g/mol. The fraction of sp³-hybridized carbons (Fsp3) is 0.467. The average Bonchev–Trinajstić information content (AvgIpc) is 3.34. The smallest absolute Gasteiger partial charge is 0.227 e. The minimum absolute atomic E-state index is 0.287. The van der Waals surface area contributed by atoms with E-state index in [-0.39, 0.29) is 11.6 Å². The van der Waals surface area contributed by atoms with Gasteiger partial charge < -0.3 is 24.2 Å². The van der Waals surface area contributed by atoms with Gasteiger partial charge >= 0.3 is 0 Å². The number of ether oxygens (including phenoxy) is 2. The summed E-state index contributed by atoms with van der Waals surface area (Å²) in [6.07, 6.45) is 4.29. The lowest BCUT2D eigenvalue weighted by molar-refractivity contribution is -0.0785. The number of hydrogen-bond acceptors (Lipinski definition) is 7. The molecule has 1 N–H and O–H groups in total. The molecule has 3 aliphatic rings. The zero-order valence-electron chi connectivity index (χ0n) is 22.0. The van der Waals surface area contributed by atoms with Crippen molar-refractivity contribution in [2.45, 2.75) is 62.2 Å². The van der Waals surface area contributed by atoms with Crippen LogP contribution in [-0.2, 0) is 39.3 Å². The van der Waals surface area contributed by atoms with Crippen molar-refractivity contribution >= 4 is 22.9 Å². The maximum atomic E-state index is 12.8. The van der Waals surface area contributed by atoms with E-state index in [1.807, 2.05) is 6.07 Å². The van der Waals surface area contributed by atoms with Crippen LogP contribution >= 0.6 is 0 Å². The van der Waals surface area contributed by atoms with E-state index in [9.17, 15) is 4.55 Å². The third-order valence-corrected chi connectivity index (χ3v) is 9.49. The van der Waals surface area contributed by atoms with Crippen LogP contribution in [0.1, 0.15) is 48.1 Å². The Kier molecular flexibility index (Phi) is 7.56. The lowest BCUT2D eigenvalue weighted by Gasteiger charge is -2.42. The number of hydrogen-bond donors (Lipinski definition) is 1. The SMILES string of the molecule is Cc1ccc(C2(OCc3ccccc3)CCN(c3nc4c(c(NC5CCOCC5)n3)[S+]([O-])CC4)CC2)cc1. The molecule has 38 heavy (non-hydrogen) atoms. The Morgan fingerprint density at radius 3 is 2.53 bits per heavy atom. The van der Waals surface area contributed by atoms with Crippen molar-refractivity contribution in [3.05, 3.63) is 77.0 Å². The Morgan fingerprint density at radius 1 is 1.05 bits per heavy atom. The second kappa shape index (κ2) is 11.2. The van der Waals surface area contributed by atoms with Gasteiger partial charge in [-0.3, -0.25) is 0 Å². The summed E-state index contributed by atoms with van der Waals surface area (Å²) >= 11 is -1.04. The van der Waals surface area contributed by atoms with Crippen molar-refractivity contribution in [1.82, 2.24) is 9.97 Å². The molecule has 7 nitrogen and oxygen atoms in total. The van der Waals surface area contributed by atoms with E-state index in [0.717, 1.165) is 80.8 Å². The van der Waals surface area contributed by atoms with Crippen LogP contribution in [-0.4, -0.2) is 52.6 Å². The molecule has 1 atom stereocenters. The second-order valence-electron chi connectivity index (χ2n) is 10.6. The first-order valence-corrected chi connectivity index (χ1v) is 15.1. The second-order valence-corrected chi connectivity index (χ2v) is 12.1. The van der Waals surface area contributed by atoms with Gasteiger partial charge in [0.25, 0.3) is 0 Å². The molecule has 0 bridgehead atoms. The van der Waals surface area contributed by atoms with Crippen molar-refractivity contribution in [2.24, 2.45) is 0 Å². The molecule has 0 radical (unpaired) electrons. The van der Waals surface area contributed by atoms with Crippen LogP contribution in [0.5, 0.6) is 0 Å². The van der Waals surface area contributed by atoms with Gasteiger partial charge in [0.1, 0.15) is 11.4 Å². The molecular weight excluding hydrogens is 496 g/mol. The molecule has 2 aromatic carbocycles. The van der Waals surface area contributed by atoms with Gasteiger partial charge in [-0.15, -0.1) is 0 Å². The predicted molar refractivity (Wildman–Crippen MR) is 150 cm³/mol. The van der Waals surface area contributed by atoms with Crippen molar-refractivity contribution < 1.29 is 14.0 Å². The summed E-state index contributed by atoms with van der Waals surface area (Å²) in [7, 11) is 0. The van der Waals surface area contributed by atoms with Crippen LogP contribution in [0, 0.1) is 6.92 Å². The molecule has 1 aromatic heterocycles. The van der Waals surface area contributed by atoms with Crippen molar-refractivity contribution in [3.8, 4) is 0 Å². The minimum Gasteiger partial charge on any atom is -0.611 e. The average molecular weight is 533 g/mol. The van der Waals surface area contributed by atoms with Gasteiger partial charge in [0.15, 0.2) is 5.82 Å². The van der Waals surface area contributed by atoms with Gasteiger partial charge in [0.05, 0.1) is 12.2 Å². The number of anilines is 2. The van der Waals surface area contributed by atoms with Gasteiger partial charge in [0, 0.05) is 38.8 Å². The quantitative estimate of drug-likeness (QED) is 0.440. The Hall–Kier alpha value is -2.65. The normalized spacial score (nSPS) is 21.3. The summed E-state index contributed by atoms with van der Waals surface area (Å²) in [5.41, 5.74) is 4.23. The van der Waals surface area contributed by atoms with E-state index >= 15 is 0 Å². The molecule has 8 heteroatoms. The molecule has 2 saturated heterocycles. The largest absolute Gasteiger partial charge is 0.611 e. The lowest BCUT2D eigenvalue weighted by atomic mass is 9.83. The first-order valence-electron chi connectivity index (χ1n) is 13.7. The molecule has 6 rings (SSSR count). The van der Waals surface area contributed by atoms with E-state index in [0.29, 0.717) is 12.4 Å². The number of benzene rings is 2. The fourth-order valence-electron chi connectivity index (χ4n) is 5.70. The highest BCUT2D eigenvalue weighted by Gasteiger charge is 2.39. The number of rotatable bonds is 7. The maximum absolute atomic E-state index is 12.8. The first kappa shape index (κ1) is 25.6. The zero-order valence-corrected chi connectivity index (χ0v) is 22.8. The molecule has 0 aliphatic carbocycles. The Labute approximate surface area is 228 Å². The third-order valence-electron chi connectivity index (χ3n) is 8.03. The zero-order chi connectivity index (χ0) is 26.0. The highest BCUT2D eigenvalue weighted by molar-refractivity contribution is 7.91. The molecule has 3 aliphatic heterocycles. The molecule has 0 amide bonds. The number of fused-ring (bicyclic) bond motifs is 1. The Balaban J connectivity index is 1.23. The van der Waals surface area contributed by atoms with Gasteiger partial charge in [-0.05, 0) is 54.9 Å². The van der Waals surface area contributed by atoms with Crippen molar-refractivity contribution in [1.29, 1.82) is 0 Å². The molecule has 0 saturated carbocycles. The third kappa shape index (κ3) is 5.41. The van der Waals surface area contributed by atoms with E-state index < -0.39 is 11.2 Å². The molecule has 200 valence electrons. The fourth-order valence-corrected chi connectivity index (χ4v) is 7.01. The lowest BCUT2D eigenvalue weighted by Crippen LogP contribution is -2.45. The summed E-state index contributed by atoms with van der Waals surface area (Å²) < 4.78 is 25.1. The Morgan fingerprint density at radius 2 is 1.79 bits per heavy atom. The topological polar surface area (TPSA) is 82.6 Å². The minimum atomic E-state index is -1.04. The highest BCUT2D eigenvalue weighted by atomic mass is 32.2. The van der Waals surface area contributed by atoms with E-state index in [2.05, 4.69) is 65.7 Å². The van der Waals surface area contributed by atoms with Crippen LogP contribution in [0.25, 0.3) is 0 Å². The van der Waals surface area contributed by atoms with Gasteiger partial charge in [-0.2, -0.15) is 4.98 Å². The van der Waals surface area contributed by atoms with Gasteiger partial charge in [0.2, 0.25) is 10.8 Å². The number of aromatic nitrogens is 2. The molecule has 1 unspecified atom stereocenters. The summed E-state index contributed by atoms with van der Waals surface area (Å²) in [5, 5.41) is 3.60. The highest BCUT2D eigenvalue weighted by Crippen LogP contribution is 2.40. The predicted octanol–water partition coefficient (Wildman–Crippen LogP) is 4.75. The summed E-state index contributed by atoms with van der Waals surface area (Å²) in [6, 6.07) is 19.5. The maximum Gasteiger partial charge on any atom is 0.227 e. The summed E-state index contributed by atoms with van der Waals surface area (Å²) in [6.45, 7) is 5.78. The van der Waals surface area contributed by atoms with E-state index in [1.165, 1.54) is 16.7 Å². The molecule has 0 spiro atoms. The molecular formula is C30H36N4O3S. The van der Waals surface area contributed by atoms with Crippen molar-refractivity contribution in [2.75, 3.05) is 42.3 Å². The molecule has 2 fully saturated rings.